The number of halogens is 4. The molecule has 6 heteroatoms. The molecule has 2 aromatic rings. The van der Waals surface area contributed by atoms with Gasteiger partial charge < -0.3 is 4.98 Å². The maximum absolute atomic E-state index is 5.52. The second-order valence-electron chi connectivity index (χ2n) is 2.41. The van der Waals surface area contributed by atoms with Gasteiger partial charge in [0.25, 0.3) is 0 Å². The molecule has 15 heavy (non-hydrogen) atoms. The van der Waals surface area contributed by atoms with E-state index in [0.29, 0.717) is 0 Å². The molecule has 0 atom stereocenters. The molecule has 0 saturated heterocycles. The Kier molecular flexibility index (Phi) is 5.26. The van der Waals surface area contributed by atoms with Gasteiger partial charge in [-0.15, -0.1) is 0 Å². The SMILES string of the molecule is Clc1[nH]c(Cl)c(Cl)c1Cl.c1ccncc1. The van der Waals surface area contributed by atoms with Gasteiger partial charge >= 0.3 is 0 Å². The van der Waals surface area contributed by atoms with Crippen molar-refractivity contribution in [3.8, 4) is 0 Å². The molecule has 0 aliphatic heterocycles. The summed E-state index contributed by atoms with van der Waals surface area (Å²) in [6.45, 7) is 0. The Hall–Kier alpha value is -0.410. The van der Waals surface area contributed by atoms with Crippen LogP contribution >= 0.6 is 46.4 Å². The van der Waals surface area contributed by atoms with Crippen molar-refractivity contribution in [3.63, 3.8) is 0 Å². The highest BCUT2D eigenvalue weighted by atomic mass is 35.5. The number of hydrogen-bond acceptors (Lipinski definition) is 1. The van der Waals surface area contributed by atoms with Gasteiger partial charge in [0.2, 0.25) is 0 Å². The van der Waals surface area contributed by atoms with Gasteiger partial charge in [-0.3, -0.25) is 4.98 Å². The van der Waals surface area contributed by atoms with Gasteiger partial charge in [0.05, 0.1) is 10.0 Å². The van der Waals surface area contributed by atoms with E-state index in [1.54, 1.807) is 12.4 Å². The summed E-state index contributed by atoms with van der Waals surface area (Å²) in [7, 11) is 0. The smallest absolute Gasteiger partial charge is 0.127 e. The van der Waals surface area contributed by atoms with Crippen molar-refractivity contribution >= 4 is 46.4 Å². The van der Waals surface area contributed by atoms with Gasteiger partial charge in [0.15, 0.2) is 0 Å². The largest absolute Gasteiger partial charge is 0.334 e. The molecule has 0 aromatic carbocycles. The van der Waals surface area contributed by atoms with Gasteiger partial charge in [-0.1, -0.05) is 52.5 Å². The van der Waals surface area contributed by atoms with Crippen molar-refractivity contribution in [3.05, 3.63) is 50.9 Å². The quantitative estimate of drug-likeness (QED) is 0.745. The molecular weight excluding hydrogens is 278 g/mol. The van der Waals surface area contributed by atoms with E-state index in [0.717, 1.165) is 0 Å². The fourth-order valence-corrected chi connectivity index (χ4v) is 1.52. The average molecular weight is 284 g/mol. The molecule has 2 aromatic heterocycles. The number of H-pyrrole nitrogens is 1. The number of aromatic nitrogens is 2. The zero-order valence-electron chi connectivity index (χ0n) is 7.35. The summed E-state index contributed by atoms with van der Waals surface area (Å²) in [4.78, 5) is 6.33. The second kappa shape index (κ2) is 6.23. The first-order valence-corrected chi connectivity index (χ1v) is 5.37. The van der Waals surface area contributed by atoms with Crippen molar-refractivity contribution < 1.29 is 0 Å². The monoisotopic (exact) mass is 282 g/mol. The molecule has 2 rings (SSSR count). The van der Waals surface area contributed by atoms with Crippen molar-refractivity contribution in [2.24, 2.45) is 0 Å². The summed E-state index contributed by atoms with van der Waals surface area (Å²) in [6.07, 6.45) is 3.50. The van der Waals surface area contributed by atoms with Gasteiger partial charge in [-0.2, -0.15) is 0 Å². The van der Waals surface area contributed by atoms with Crippen molar-refractivity contribution in [2.45, 2.75) is 0 Å². The summed E-state index contributed by atoms with van der Waals surface area (Å²) in [5, 5.41) is 1.07. The third kappa shape index (κ3) is 3.92. The average Bonchev–Trinajstić information content (AvgIpc) is 2.49. The van der Waals surface area contributed by atoms with E-state index < -0.39 is 0 Å². The van der Waals surface area contributed by atoms with Crippen LogP contribution in [0.25, 0.3) is 0 Å². The Morgan fingerprint density at radius 1 is 0.800 bits per heavy atom. The minimum atomic E-state index is 0.267. The Morgan fingerprint density at radius 3 is 1.40 bits per heavy atom. The summed E-state index contributed by atoms with van der Waals surface area (Å²) in [5.41, 5.74) is 0. The maximum Gasteiger partial charge on any atom is 0.127 e. The number of nitrogens with zero attached hydrogens (tertiary/aromatic N) is 1. The number of nitrogens with one attached hydrogen (secondary N) is 1. The molecule has 0 saturated carbocycles. The molecule has 0 aliphatic carbocycles. The maximum atomic E-state index is 5.52. The molecule has 80 valence electrons. The number of rotatable bonds is 0. The first-order chi connectivity index (χ1) is 7.13. The molecule has 0 radical (unpaired) electrons. The van der Waals surface area contributed by atoms with Crippen LogP contribution in [0.1, 0.15) is 0 Å². The lowest BCUT2D eigenvalue weighted by molar-refractivity contribution is 1.33. The van der Waals surface area contributed by atoms with E-state index >= 15 is 0 Å². The number of hydrogen-bond donors (Lipinski definition) is 1. The normalized spacial score (nSPS) is 9.33. The highest BCUT2D eigenvalue weighted by Crippen LogP contribution is 2.35. The molecular formula is C9H6Cl4N2. The molecule has 0 spiro atoms. The fourth-order valence-electron chi connectivity index (χ4n) is 0.711. The zero-order chi connectivity index (χ0) is 11.3. The highest BCUT2D eigenvalue weighted by molar-refractivity contribution is 6.51. The van der Waals surface area contributed by atoms with Crippen molar-refractivity contribution in [2.75, 3.05) is 0 Å². The zero-order valence-corrected chi connectivity index (χ0v) is 10.4. The van der Waals surface area contributed by atoms with Crippen molar-refractivity contribution in [1.82, 2.24) is 9.97 Å². The van der Waals surface area contributed by atoms with Crippen LogP contribution < -0.4 is 0 Å². The standard InChI is InChI=1S/C5H5N.C4HCl4N/c1-2-4-6-5-3-1;5-1-2(6)4(8)9-3(1)7/h1-5H;9H. The van der Waals surface area contributed by atoms with Crippen LogP contribution in [-0.4, -0.2) is 9.97 Å². The summed E-state index contributed by atoms with van der Waals surface area (Å²) in [6, 6.07) is 5.72. The number of pyridine rings is 1. The van der Waals surface area contributed by atoms with Gasteiger partial charge in [0.1, 0.15) is 10.3 Å². The second-order valence-corrected chi connectivity index (χ2v) is 3.92. The lowest BCUT2D eigenvalue weighted by atomic mass is 10.5. The molecule has 1 N–H and O–H groups in total. The van der Waals surface area contributed by atoms with E-state index in [4.69, 9.17) is 46.4 Å². The van der Waals surface area contributed by atoms with Crippen LogP contribution in [0.5, 0.6) is 0 Å². The Balaban J connectivity index is 0.000000162. The first-order valence-electron chi connectivity index (χ1n) is 3.86. The minimum absolute atomic E-state index is 0.267. The minimum Gasteiger partial charge on any atom is -0.334 e. The topological polar surface area (TPSA) is 28.7 Å². The van der Waals surface area contributed by atoms with Gasteiger partial charge in [-0.05, 0) is 12.1 Å². The van der Waals surface area contributed by atoms with E-state index in [2.05, 4.69) is 9.97 Å². The van der Waals surface area contributed by atoms with E-state index in [9.17, 15) is 0 Å². The fraction of sp³-hybridized carbons (Fsp3) is 0. The molecule has 0 amide bonds. The predicted octanol–water partition coefficient (Wildman–Crippen LogP) is 4.71. The lowest BCUT2D eigenvalue weighted by Crippen LogP contribution is -1.58. The molecule has 2 heterocycles. The summed E-state index contributed by atoms with van der Waals surface area (Å²) in [5.74, 6) is 0. The van der Waals surface area contributed by atoms with Crippen LogP contribution in [-0.2, 0) is 0 Å². The first kappa shape index (κ1) is 12.7. The summed E-state index contributed by atoms with van der Waals surface area (Å²) < 4.78 is 0. The van der Waals surface area contributed by atoms with Gasteiger partial charge in [0, 0.05) is 12.4 Å². The highest BCUT2D eigenvalue weighted by Gasteiger charge is 2.09. The molecule has 0 aliphatic rings. The van der Waals surface area contributed by atoms with Crippen LogP contribution in [0.3, 0.4) is 0 Å². The predicted molar refractivity (Wildman–Crippen MR) is 65.1 cm³/mol. The van der Waals surface area contributed by atoms with Crippen LogP contribution in [0.4, 0.5) is 0 Å². The molecule has 0 bridgehead atoms. The lowest BCUT2D eigenvalue weighted by Gasteiger charge is -1.80. The van der Waals surface area contributed by atoms with E-state index in [-0.39, 0.29) is 20.4 Å². The third-order valence-corrected chi connectivity index (χ3v) is 2.98. The van der Waals surface area contributed by atoms with Gasteiger partial charge in [-0.25, -0.2) is 0 Å². The van der Waals surface area contributed by atoms with Crippen LogP contribution in [0, 0.1) is 0 Å². The third-order valence-electron chi connectivity index (χ3n) is 1.36. The molecule has 0 fully saturated rings. The molecule has 0 unspecified atom stereocenters. The van der Waals surface area contributed by atoms with E-state index in [1.807, 2.05) is 18.2 Å². The summed E-state index contributed by atoms with van der Waals surface area (Å²) >= 11 is 22.0. The Labute approximate surface area is 107 Å². The number of aromatic amines is 1. The Morgan fingerprint density at radius 2 is 1.27 bits per heavy atom. The van der Waals surface area contributed by atoms with Crippen LogP contribution in [0.15, 0.2) is 30.6 Å². The molecule has 2 nitrogen and oxygen atoms in total. The van der Waals surface area contributed by atoms with E-state index in [1.165, 1.54) is 0 Å². The van der Waals surface area contributed by atoms with Crippen LogP contribution in [0.2, 0.25) is 20.4 Å². The Bertz CT molecular complexity index is 364. The van der Waals surface area contributed by atoms with Crippen molar-refractivity contribution in [1.29, 1.82) is 0 Å².